The molecule has 0 aliphatic carbocycles. The second-order valence-corrected chi connectivity index (χ2v) is 20.3. The standard InChI is InChI=1S/C32H45BrN2O4SSi/c1-31(2,3)41(7,8)39-30(22-34-32(4,5)21-25-15-12-16-27(33)19-25)26-17-18-29(28(20-26)35-40(6,36)37)38-23-24-13-10-9-11-14-24/h9-20,30,34-35H,21-23H2,1-8H3/t30-/m0/s1. The molecule has 3 aromatic carbocycles. The van der Waals surface area contributed by atoms with Crippen molar-refractivity contribution in [2.75, 3.05) is 17.5 Å². The Labute approximate surface area is 256 Å². The number of nitrogens with one attached hydrogen (secondary N) is 2. The molecule has 3 aromatic rings. The molecule has 2 N–H and O–H groups in total. The number of rotatable bonds is 13. The van der Waals surface area contributed by atoms with Gasteiger partial charge >= 0.3 is 0 Å². The molecule has 0 fully saturated rings. The van der Waals surface area contributed by atoms with Crippen molar-refractivity contribution < 1.29 is 17.6 Å². The summed E-state index contributed by atoms with van der Waals surface area (Å²) < 4.78 is 41.4. The quantitative estimate of drug-likeness (QED) is 0.181. The van der Waals surface area contributed by atoms with E-state index >= 15 is 0 Å². The van der Waals surface area contributed by atoms with E-state index in [1.165, 1.54) is 5.56 Å². The minimum atomic E-state index is -3.54. The van der Waals surface area contributed by atoms with Crippen LogP contribution in [-0.4, -0.2) is 35.1 Å². The van der Waals surface area contributed by atoms with Gasteiger partial charge in [0.1, 0.15) is 12.4 Å². The fourth-order valence-electron chi connectivity index (χ4n) is 4.24. The number of ether oxygens (including phenoxy) is 1. The number of sulfonamides is 1. The van der Waals surface area contributed by atoms with Gasteiger partial charge in [-0.25, -0.2) is 8.42 Å². The summed E-state index contributed by atoms with van der Waals surface area (Å²) in [6.07, 6.45) is 1.70. The third-order valence-corrected chi connectivity index (χ3v) is 13.0. The van der Waals surface area contributed by atoms with Crippen LogP contribution in [0.3, 0.4) is 0 Å². The van der Waals surface area contributed by atoms with E-state index < -0.39 is 18.3 Å². The Morgan fingerprint density at radius 2 is 1.56 bits per heavy atom. The third-order valence-electron chi connectivity index (χ3n) is 7.45. The van der Waals surface area contributed by atoms with Crippen molar-refractivity contribution in [3.05, 3.63) is 94.0 Å². The van der Waals surface area contributed by atoms with Crippen LogP contribution in [0.25, 0.3) is 0 Å². The third kappa shape index (κ3) is 10.6. The lowest BCUT2D eigenvalue weighted by Crippen LogP contribution is -2.47. The Morgan fingerprint density at radius 3 is 2.17 bits per heavy atom. The monoisotopic (exact) mass is 660 g/mol. The molecule has 0 radical (unpaired) electrons. The zero-order valence-corrected chi connectivity index (χ0v) is 28.9. The summed E-state index contributed by atoms with van der Waals surface area (Å²) in [4.78, 5) is 0. The fourth-order valence-corrected chi connectivity index (χ4v) is 6.53. The van der Waals surface area contributed by atoms with Crippen LogP contribution >= 0.6 is 15.9 Å². The highest BCUT2D eigenvalue weighted by molar-refractivity contribution is 9.10. The minimum Gasteiger partial charge on any atom is -0.487 e. The van der Waals surface area contributed by atoms with E-state index in [2.05, 4.69) is 91.9 Å². The van der Waals surface area contributed by atoms with Crippen LogP contribution in [-0.2, 0) is 27.5 Å². The van der Waals surface area contributed by atoms with Gasteiger partial charge in [0, 0.05) is 16.6 Å². The van der Waals surface area contributed by atoms with Crippen LogP contribution in [0.4, 0.5) is 5.69 Å². The van der Waals surface area contributed by atoms with Crippen LogP contribution in [0.2, 0.25) is 18.1 Å². The second-order valence-electron chi connectivity index (χ2n) is 12.8. The summed E-state index contributed by atoms with van der Waals surface area (Å²) in [7, 11) is -5.72. The van der Waals surface area contributed by atoms with Crippen molar-refractivity contribution in [3.63, 3.8) is 0 Å². The van der Waals surface area contributed by atoms with Crippen LogP contribution in [0, 0.1) is 0 Å². The summed E-state index contributed by atoms with van der Waals surface area (Å²) in [5, 5.41) is 3.74. The first kappa shape index (κ1) is 33.3. The minimum absolute atomic E-state index is 0.00363. The Morgan fingerprint density at radius 1 is 0.902 bits per heavy atom. The summed E-state index contributed by atoms with van der Waals surface area (Å²) in [5.41, 5.74) is 3.32. The average Bonchev–Trinajstić information content (AvgIpc) is 2.84. The van der Waals surface area contributed by atoms with Crippen LogP contribution in [0.1, 0.15) is 57.4 Å². The molecule has 41 heavy (non-hydrogen) atoms. The molecular weight excluding hydrogens is 616 g/mol. The molecule has 0 aliphatic rings. The van der Waals surface area contributed by atoms with Crippen molar-refractivity contribution in [1.82, 2.24) is 5.32 Å². The highest BCUT2D eigenvalue weighted by Crippen LogP contribution is 2.41. The molecule has 224 valence electrons. The van der Waals surface area contributed by atoms with Crippen molar-refractivity contribution >= 4 is 40.0 Å². The van der Waals surface area contributed by atoms with Crippen molar-refractivity contribution in [3.8, 4) is 5.75 Å². The van der Waals surface area contributed by atoms with Gasteiger partial charge in [0.25, 0.3) is 0 Å². The average molecular weight is 662 g/mol. The Bertz CT molecular complexity index is 1410. The lowest BCUT2D eigenvalue weighted by molar-refractivity contribution is 0.166. The van der Waals surface area contributed by atoms with Crippen molar-refractivity contribution in [1.29, 1.82) is 0 Å². The van der Waals surface area contributed by atoms with Gasteiger partial charge in [0.05, 0.1) is 18.0 Å². The molecule has 0 saturated heterocycles. The molecular formula is C32H45BrN2O4SSi. The lowest BCUT2D eigenvalue weighted by Gasteiger charge is -2.40. The highest BCUT2D eigenvalue weighted by Gasteiger charge is 2.40. The molecule has 6 nitrogen and oxygen atoms in total. The normalized spacial score (nSPS) is 13.6. The van der Waals surface area contributed by atoms with E-state index in [-0.39, 0.29) is 16.7 Å². The number of halogens is 1. The molecule has 0 unspecified atom stereocenters. The van der Waals surface area contributed by atoms with Gasteiger partial charge in [-0.15, -0.1) is 0 Å². The Balaban J connectivity index is 1.92. The second kappa shape index (κ2) is 13.4. The van der Waals surface area contributed by atoms with E-state index in [0.29, 0.717) is 24.6 Å². The largest absolute Gasteiger partial charge is 0.487 e. The number of benzene rings is 3. The van der Waals surface area contributed by atoms with Gasteiger partial charge in [-0.3, -0.25) is 4.72 Å². The van der Waals surface area contributed by atoms with Gasteiger partial charge in [0.2, 0.25) is 10.0 Å². The maximum Gasteiger partial charge on any atom is 0.229 e. The van der Waals surface area contributed by atoms with Gasteiger partial charge in [-0.2, -0.15) is 0 Å². The number of hydrogen-bond donors (Lipinski definition) is 2. The Kier molecular flexibility index (Phi) is 10.9. The van der Waals surface area contributed by atoms with Gasteiger partial charge in [0.15, 0.2) is 8.32 Å². The first-order valence-electron chi connectivity index (χ1n) is 13.9. The van der Waals surface area contributed by atoms with Gasteiger partial charge in [-0.05, 0) is 79.4 Å². The molecule has 0 aromatic heterocycles. The summed E-state index contributed by atoms with van der Waals surface area (Å²) >= 11 is 3.58. The van der Waals surface area contributed by atoms with E-state index in [9.17, 15) is 8.42 Å². The summed E-state index contributed by atoms with van der Waals surface area (Å²) in [6, 6.07) is 23.8. The SMILES string of the molecule is CC(C)(Cc1cccc(Br)c1)NC[C@H](O[Si](C)(C)C(C)(C)C)c1ccc(OCc2ccccc2)c(NS(C)(=O)=O)c1. The maximum absolute atomic E-state index is 12.3. The van der Waals surface area contributed by atoms with E-state index in [4.69, 9.17) is 9.16 Å². The summed E-state index contributed by atoms with van der Waals surface area (Å²) in [5.74, 6) is 0.469. The van der Waals surface area contributed by atoms with Crippen molar-refractivity contribution in [2.24, 2.45) is 0 Å². The highest BCUT2D eigenvalue weighted by atomic mass is 79.9. The van der Waals surface area contributed by atoms with Crippen LogP contribution < -0.4 is 14.8 Å². The smallest absolute Gasteiger partial charge is 0.229 e. The van der Waals surface area contributed by atoms with E-state index in [1.54, 1.807) is 0 Å². The van der Waals surface area contributed by atoms with Gasteiger partial charge in [-0.1, -0.05) is 85.2 Å². The molecule has 0 spiro atoms. The first-order valence-corrected chi connectivity index (χ1v) is 19.5. The van der Waals surface area contributed by atoms with Crippen LogP contribution in [0.5, 0.6) is 5.75 Å². The van der Waals surface area contributed by atoms with Crippen molar-refractivity contribution in [2.45, 2.75) is 77.4 Å². The van der Waals surface area contributed by atoms with Gasteiger partial charge < -0.3 is 14.5 Å². The molecule has 3 rings (SSSR count). The zero-order chi connectivity index (χ0) is 30.5. The Hall–Kier alpha value is -2.17. The van der Waals surface area contributed by atoms with E-state index in [1.807, 2.05) is 54.6 Å². The lowest BCUT2D eigenvalue weighted by atomic mass is 9.94. The first-order chi connectivity index (χ1) is 18.9. The predicted molar refractivity (Wildman–Crippen MR) is 177 cm³/mol. The van der Waals surface area contributed by atoms with Crippen LogP contribution in [0.15, 0.2) is 77.3 Å². The van der Waals surface area contributed by atoms with E-state index in [0.717, 1.165) is 28.3 Å². The molecule has 0 saturated carbocycles. The molecule has 0 bridgehead atoms. The molecule has 0 amide bonds. The fraction of sp³-hybridized carbons (Fsp3) is 0.438. The zero-order valence-electron chi connectivity index (χ0n) is 25.5. The topological polar surface area (TPSA) is 76.7 Å². The molecule has 9 heteroatoms. The number of anilines is 1. The maximum atomic E-state index is 12.3. The predicted octanol–water partition coefficient (Wildman–Crippen LogP) is 8.07. The summed E-state index contributed by atoms with van der Waals surface area (Å²) in [6.45, 7) is 16.4. The molecule has 0 aliphatic heterocycles. The molecule has 1 atom stereocenters. The molecule has 0 heterocycles. The number of hydrogen-bond acceptors (Lipinski definition) is 5.